The number of halogens is 3. The maximum atomic E-state index is 13.9. The minimum absolute atomic E-state index is 0.00619. The van der Waals surface area contributed by atoms with Crippen molar-refractivity contribution in [2.24, 2.45) is 16.3 Å². The summed E-state index contributed by atoms with van der Waals surface area (Å²) in [5, 5.41) is 16.5. The highest BCUT2D eigenvalue weighted by atomic mass is 19.4. The van der Waals surface area contributed by atoms with Crippen molar-refractivity contribution in [1.29, 1.82) is 0 Å². The minimum atomic E-state index is -4.84. The number of amides is 1. The van der Waals surface area contributed by atoms with Gasteiger partial charge in [0.2, 0.25) is 0 Å². The number of rotatable bonds is 6. The van der Waals surface area contributed by atoms with E-state index >= 15 is 0 Å². The Hall–Kier alpha value is -2.88. The summed E-state index contributed by atoms with van der Waals surface area (Å²) in [7, 11) is 0. The van der Waals surface area contributed by atoms with Crippen LogP contribution >= 0.6 is 0 Å². The maximum absolute atomic E-state index is 13.9. The van der Waals surface area contributed by atoms with E-state index in [0.29, 0.717) is 43.4 Å². The molecule has 7 nitrogen and oxygen atoms in total. The van der Waals surface area contributed by atoms with E-state index in [1.807, 2.05) is 13.8 Å². The molecular weight excluding hydrogens is 449 g/mol. The van der Waals surface area contributed by atoms with E-state index in [4.69, 9.17) is 5.73 Å². The monoisotopic (exact) mass is 480 g/mol. The number of primary amides is 1. The third kappa shape index (κ3) is 6.16. The van der Waals surface area contributed by atoms with Gasteiger partial charge in [-0.2, -0.15) is 18.3 Å². The van der Waals surface area contributed by atoms with E-state index in [9.17, 15) is 27.9 Å². The Labute approximate surface area is 196 Å². The van der Waals surface area contributed by atoms with Crippen LogP contribution in [0.3, 0.4) is 0 Å². The van der Waals surface area contributed by atoms with E-state index in [1.54, 1.807) is 0 Å². The molecule has 2 aliphatic carbocycles. The molecule has 0 heterocycles. The number of Topliss-reactive ketones (excluding diaryl/α,β-unsaturated/α-hetero) is 1. The first-order valence-corrected chi connectivity index (χ1v) is 11.3. The van der Waals surface area contributed by atoms with Crippen molar-refractivity contribution < 1.29 is 27.9 Å². The SMILES string of the molecule is CC1=C(/C(=N\Nc2ccc(C(N)=O)c(N[C@H]3CC[C@H](O)CC3)c2)C(F)(F)F)C(=O)CC(C)(C)C1. The number of aliphatic hydroxyl groups excluding tert-OH is 1. The van der Waals surface area contributed by atoms with Crippen LogP contribution < -0.4 is 16.5 Å². The molecule has 0 atom stereocenters. The van der Waals surface area contributed by atoms with E-state index in [1.165, 1.54) is 25.1 Å². The van der Waals surface area contributed by atoms with Crippen LogP contribution in [0.25, 0.3) is 0 Å². The van der Waals surface area contributed by atoms with Crippen molar-refractivity contribution in [2.45, 2.75) is 77.6 Å². The molecule has 10 heteroatoms. The number of anilines is 2. The van der Waals surface area contributed by atoms with Gasteiger partial charge < -0.3 is 16.2 Å². The van der Waals surface area contributed by atoms with E-state index in [2.05, 4.69) is 15.8 Å². The van der Waals surface area contributed by atoms with E-state index in [0.717, 1.165) is 0 Å². The van der Waals surface area contributed by atoms with Crippen molar-refractivity contribution in [3.05, 3.63) is 34.9 Å². The number of nitrogens with one attached hydrogen (secondary N) is 2. The summed E-state index contributed by atoms with van der Waals surface area (Å²) in [6, 6.07) is 4.27. The lowest BCUT2D eigenvalue weighted by atomic mass is 9.73. The molecule has 0 radical (unpaired) electrons. The molecule has 2 aliphatic rings. The number of ketones is 1. The highest BCUT2D eigenvalue weighted by Crippen LogP contribution is 2.39. The Morgan fingerprint density at radius 2 is 1.82 bits per heavy atom. The Morgan fingerprint density at radius 1 is 1.18 bits per heavy atom. The van der Waals surface area contributed by atoms with E-state index < -0.39 is 34.6 Å². The smallest absolute Gasteiger partial charge is 0.393 e. The molecular formula is C24H31F3N4O3. The molecule has 0 spiro atoms. The fourth-order valence-electron chi connectivity index (χ4n) is 4.73. The molecule has 3 rings (SSSR count). The third-order valence-corrected chi connectivity index (χ3v) is 6.23. The number of hydrogen-bond donors (Lipinski definition) is 4. The zero-order chi connectivity index (χ0) is 25.3. The van der Waals surface area contributed by atoms with E-state index in [-0.39, 0.29) is 29.8 Å². The summed E-state index contributed by atoms with van der Waals surface area (Å²) < 4.78 is 41.7. The lowest BCUT2D eigenvalue weighted by Gasteiger charge is -2.31. The molecule has 0 aliphatic heterocycles. The average Bonchev–Trinajstić information content (AvgIpc) is 2.70. The van der Waals surface area contributed by atoms with Crippen LogP contribution in [-0.2, 0) is 4.79 Å². The third-order valence-electron chi connectivity index (χ3n) is 6.23. The lowest BCUT2D eigenvalue weighted by molar-refractivity contribution is -0.118. The van der Waals surface area contributed by atoms with Gasteiger partial charge in [-0.1, -0.05) is 19.4 Å². The average molecular weight is 481 g/mol. The number of benzene rings is 1. The Morgan fingerprint density at radius 3 is 2.38 bits per heavy atom. The summed E-state index contributed by atoms with van der Waals surface area (Å²) in [6.45, 7) is 5.21. The summed E-state index contributed by atoms with van der Waals surface area (Å²) in [4.78, 5) is 24.4. The molecule has 186 valence electrons. The van der Waals surface area contributed by atoms with Gasteiger partial charge >= 0.3 is 6.18 Å². The van der Waals surface area contributed by atoms with Crippen molar-refractivity contribution in [3.63, 3.8) is 0 Å². The number of aliphatic hydroxyl groups is 1. The first kappa shape index (κ1) is 25.7. The summed E-state index contributed by atoms with van der Waals surface area (Å²) in [6.07, 6.45) is -2.24. The van der Waals surface area contributed by atoms with Gasteiger partial charge in [-0.25, -0.2) is 0 Å². The Bertz CT molecular complexity index is 1020. The van der Waals surface area contributed by atoms with Crippen molar-refractivity contribution in [2.75, 3.05) is 10.7 Å². The molecule has 1 fully saturated rings. The number of carbonyl (C=O) groups is 2. The molecule has 1 saturated carbocycles. The molecule has 1 aromatic carbocycles. The van der Waals surface area contributed by atoms with Gasteiger partial charge in [0.05, 0.1) is 17.4 Å². The van der Waals surface area contributed by atoms with Crippen molar-refractivity contribution in [1.82, 2.24) is 0 Å². The van der Waals surface area contributed by atoms with Gasteiger partial charge in [0.1, 0.15) is 0 Å². The summed E-state index contributed by atoms with van der Waals surface area (Å²) in [5.41, 5.74) is 6.92. The van der Waals surface area contributed by atoms with Gasteiger partial charge in [-0.05, 0) is 62.6 Å². The predicted octanol–water partition coefficient (Wildman–Crippen LogP) is 4.54. The quantitative estimate of drug-likeness (QED) is 0.352. The van der Waals surface area contributed by atoms with Gasteiger partial charge in [-0.3, -0.25) is 15.0 Å². The first-order chi connectivity index (χ1) is 15.8. The normalized spacial score (nSPS) is 23.6. The van der Waals surface area contributed by atoms with Crippen LogP contribution in [0, 0.1) is 5.41 Å². The molecule has 34 heavy (non-hydrogen) atoms. The predicted molar refractivity (Wildman–Crippen MR) is 125 cm³/mol. The summed E-state index contributed by atoms with van der Waals surface area (Å²) in [5.74, 6) is -1.27. The number of alkyl halides is 3. The van der Waals surface area contributed by atoms with Crippen molar-refractivity contribution in [3.8, 4) is 0 Å². The fraction of sp³-hybridized carbons (Fsp3) is 0.542. The molecule has 5 N–H and O–H groups in total. The zero-order valence-electron chi connectivity index (χ0n) is 19.6. The maximum Gasteiger partial charge on any atom is 0.435 e. The number of carbonyl (C=O) groups excluding carboxylic acids is 2. The molecule has 0 saturated heterocycles. The molecule has 0 aromatic heterocycles. The van der Waals surface area contributed by atoms with Gasteiger partial charge in [-0.15, -0.1) is 0 Å². The van der Waals surface area contributed by atoms with Crippen LogP contribution in [-0.4, -0.2) is 40.8 Å². The fourth-order valence-corrected chi connectivity index (χ4v) is 4.73. The molecule has 0 unspecified atom stereocenters. The largest absolute Gasteiger partial charge is 0.435 e. The van der Waals surface area contributed by atoms with Crippen LogP contribution in [0.2, 0.25) is 0 Å². The number of hydrogen-bond acceptors (Lipinski definition) is 6. The van der Waals surface area contributed by atoms with Crippen LogP contribution in [0.5, 0.6) is 0 Å². The second-order valence-corrected chi connectivity index (χ2v) is 9.94. The first-order valence-electron chi connectivity index (χ1n) is 11.3. The Balaban J connectivity index is 1.91. The van der Waals surface area contributed by atoms with Crippen molar-refractivity contribution >= 4 is 28.8 Å². The molecule has 1 aromatic rings. The lowest BCUT2D eigenvalue weighted by Crippen LogP contribution is -2.35. The molecule has 0 bridgehead atoms. The Kier molecular flexibility index (Phi) is 7.40. The second kappa shape index (κ2) is 9.77. The minimum Gasteiger partial charge on any atom is -0.393 e. The molecule has 1 amide bonds. The van der Waals surface area contributed by atoms with Gasteiger partial charge in [0, 0.05) is 23.7 Å². The number of hydrazone groups is 1. The highest BCUT2D eigenvalue weighted by Gasteiger charge is 2.44. The number of allylic oxidation sites excluding steroid dienone is 2. The van der Waals surface area contributed by atoms with Gasteiger partial charge in [0.25, 0.3) is 5.91 Å². The topological polar surface area (TPSA) is 117 Å². The van der Waals surface area contributed by atoms with Crippen LogP contribution in [0.15, 0.2) is 34.4 Å². The number of nitrogens with two attached hydrogens (primary N) is 1. The highest BCUT2D eigenvalue weighted by molar-refractivity contribution is 6.25. The standard InChI is InChI=1S/C24H31F3N4O3/c1-13-11-23(2,3)12-19(33)20(13)21(24(25,26)27)31-30-15-6-9-17(22(28)34)18(10-15)29-14-4-7-16(32)8-5-14/h6,9-10,14,16,29-30,32H,4-5,7-8,11-12H2,1-3H3,(H2,28,34)/b31-21+/t14-,16-. The zero-order valence-corrected chi connectivity index (χ0v) is 19.6. The summed E-state index contributed by atoms with van der Waals surface area (Å²) >= 11 is 0. The van der Waals surface area contributed by atoms with Crippen LogP contribution in [0.1, 0.15) is 69.7 Å². The number of nitrogens with zero attached hydrogens (tertiary/aromatic N) is 1. The van der Waals surface area contributed by atoms with Gasteiger partial charge in [0.15, 0.2) is 11.5 Å². The second-order valence-electron chi connectivity index (χ2n) is 9.94. The van der Waals surface area contributed by atoms with Crippen LogP contribution in [0.4, 0.5) is 24.5 Å².